The van der Waals surface area contributed by atoms with E-state index < -0.39 is 0 Å². The summed E-state index contributed by atoms with van der Waals surface area (Å²) in [4.78, 5) is 0. The van der Waals surface area contributed by atoms with E-state index in [-0.39, 0.29) is 0 Å². The van der Waals surface area contributed by atoms with Crippen LogP contribution in [0.1, 0.15) is 37.2 Å². The van der Waals surface area contributed by atoms with Crippen molar-refractivity contribution in [2.75, 3.05) is 7.05 Å². The second-order valence-corrected chi connectivity index (χ2v) is 3.98. The highest BCUT2D eigenvalue weighted by molar-refractivity contribution is 5.15. The molecule has 0 aromatic carbocycles. The Labute approximate surface area is 92.2 Å². The number of nitrogens with zero attached hydrogens (tertiary/aromatic N) is 2. The van der Waals surface area contributed by atoms with Gasteiger partial charge in [-0.25, -0.2) is 0 Å². The van der Waals surface area contributed by atoms with Crippen molar-refractivity contribution in [2.24, 2.45) is 7.05 Å². The van der Waals surface area contributed by atoms with Gasteiger partial charge in [0.05, 0.1) is 17.4 Å². The van der Waals surface area contributed by atoms with E-state index >= 15 is 0 Å². The zero-order valence-electron chi connectivity index (χ0n) is 10.2. The van der Waals surface area contributed by atoms with Gasteiger partial charge in [-0.2, -0.15) is 5.10 Å². The first-order valence-electron chi connectivity index (χ1n) is 5.43. The van der Waals surface area contributed by atoms with Crippen LogP contribution in [0.25, 0.3) is 0 Å². The van der Waals surface area contributed by atoms with Crippen LogP contribution >= 0.6 is 0 Å². The summed E-state index contributed by atoms with van der Waals surface area (Å²) in [7, 11) is 3.97. The second kappa shape index (κ2) is 5.12. The average molecular weight is 207 g/mol. The largest absolute Gasteiger partial charge is 0.311 e. The molecule has 0 spiro atoms. The summed E-state index contributed by atoms with van der Waals surface area (Å²) >= 11 is 0. The van der Waals surface area contributed by atoms with E-state index in [2.05, 4.69) is 30.0 Å². The Morgan fingerprint density at radius 3 is 2.73 bits per heavy atom. The predicted octanol–water partition coefficient (Wildman–Crippen LogP) is 2.35. The van der Waals surface area contributed by atoms with Crippen molar-refractivity contribution in [3.8, 4) is 0 Å². The number of aromatic nitrogens is 2. The highest BCUT2D eigenvalue weighted by atomic mass is 15.3. The van der Waals surface area contributed by atoms with E-state index in [1.54, 1.807) is 0 Å². The topological polar surface area (TPSA) is 29.9 Å². The van der Waals surface area contributed by atoms with Crippen molar-refractivity contribution in [1.82, 2.24) is 15.1 Å². The molecule has 1 unspecified atom stereocenters. The molecule has 84 valence electrons. The molecular formula is C12H21N3. The number of aryl methyl sites for hydroxylation is 2. The Kier molecular flexibility index (Phi) is 4.09. The maximum absolute atomic E-state index is 4.36. The SMILES string of the molecule is C=C(CC)CC(NC)c1cc(C)nn1C. The quantitative estimate of drug-likeness (QED) is 0.751. The van der Waals surface area contributed by atoms with Crippen LogP contribution in [0.15, 0.2) is 18.2 Å². The third-order valence-corrected chi connectivity index (χ3v) is 2.74. The molecule has 0 aliphatic carbocycles. The van der Waals surface area contributed by atoms with Gasteiger partial charge in [0.15, 0.2) is 0 Å². The lowest BCUT2D eigenvalue weighted by atomic mass is 10.0. The summed E-state index contributed by atoms with van der Waals surface area (Å²) in [6, 6.07) is 2.45. The molecule has 0 amide bonds. The minimum Gasteiger partial charge on any atom is -0.311 e. The Morgan fingerprint density at radius 1 is 1.67 bits per heavy atom. The van der Waals surface area contributed by atoms with Crippen molar-refractivity contribution in [3.63, 3.8) is 0 Å². The van der Waals surface area contributed by atoms with Crippen molar-refractivity contribution >= 4 is 0 Å². The molecule has 1 N–H and O–H groups in total. The van der Waals surface area contributed by atoms with Gasteiger partial charge in [-0.05, 0) is 32.9 Å². The highest BCUT2D eigenvalue weighted by Gasteiger charge is 2.14. The average Bonchev–Trinajstić information content (AvgIpc) is 2.54. The first-order valence-corrected chi connectivity index (χ1v) is 5.43. The van der Waals surface area contributed by atoms with Gasteiger partial charge in [0.2, 0.25) is 0 Å². The first kappa shape index (κ1) is 12.0. The lowest BCUT2D eigenvalue weighted by Crippen LogP contribution is -2.19. The third-order valence-electron chi connectivity index (χ3n) is 2.74. The molecule has 1 atom stereocenters. The molecule has 1 heterocycles. The van der Waals surface area contributed by atoms with Crippen LogP contribution in [0.4, 0.5) is 0 Å². The van der Waals surface area contributed by atoms with E-state index in [1.165, 1.54) is 11.3 Å². The fourth-order valence-electron chi connectivity index (χ4n) is 1.74. The normalized spacial score (nSPS) is 12.8. The fourth-order valence-corrected chi connectivity index (χ4v) is 1.74. The highest BCUT2D eigenvalue weighted by Crippen LogP contribution is 2.21. The Hall–Kier alpha value is -1.09. The van der Waals surface area contributed by atoms with E-state index in [1.807, 2.05) is 25.7 Å². The first-order chi connectivity index (χ1) is 7.08. The summed E-state index contributed by atoms with van der Waals surface area (Å²) in [5.41, 5.74) is 3.56. The van der Waals surface area contributed by atoms with Gasteiger partial charge >= 0.3 is 0 Å². The lowest BCUT2D eigenvalue weighted by molar-refractivity contribution is 0.531. The van der Waals surface area contributed by atoms with E-state index in [9.17, 15) is 0 Å². The maximum atomic E-state index is 4.36. The van der Waals surface area contributed by atoms with Crippen molar-refractivity contribution < 1.29 is 0 Å². The van der Waals surface area contributed by atoms with E-state index in [4.69, 9.17) is 0 Å². The maximum Gasteiger partial charge on any atom is 0.0597 e. The van der Waals surface area contributed by atoms with Gasteiger partial charge in [-0.15, -0.1) is 0 Å². The van der Waals surface area contributed by atoms with Gasteiger partial charge in [0.25, 0.3) is 0 Å². The summed E-state index contributed by atoms with van der Waals surface area (Å²) in [5, 5.41) is 7.68. The molecule has 0 radical (unpaired) electrons. The molecule has 0 fully saturated rings. The summed E-state index contributed by atoms with van der Waals surface area (Å²) < 4.78 is 1.94. The van der Waals surface area contributed by atoms with Crippen molar-refractivity contribution in [1.29, 1.82) is 0 Å². The molecule has 0 bridgehead atoms. The summed E-state index contributed by atoms with van der Waals surface area (Å²) in [6.45, 7) is 8.21. The van der Waals surface area contributed by atoms with Crippen LogP contribution in [0.5, 0.6) is 0 Å². The van der Waals surface area contributed by atoms with Crippen LogP contribution in [0, 0.1) is 6.92 Å². The number of hydrogen-bond donors (Lipinski definition) is 1. The number of nitrogens with one attached hydrogen (secondary N) is 1. The van der Waals surface area contributed by atoms with E-state index in [0.29, 0.717) is 6.04 Å². The minimum atomic E-state index is 0.323. The van der Waals surface area contributed by atoms with Crippen molar-refractivity contribution in [3.05, 3.63) is 29.6 Å². The molecule has 0 saturated carbocycles. The number of rotatable bonds is 5. The molecule has 3 heteroatoms. The molecule has 15 heavy (non-hydrogen) atoms. The van der Waals surface area contributed by atoms with Gasteiger partial charge in [0.1, 0.15) is 0 Å². The fraction of sp³-hybridized carbons (Fsp3) is 0.583. The monoisotopic (exact) mass is 207 g/mol. The smallest absolute Gasteiger partial charge is 0.0597 e. The predicted molar refractivity (Wildman–Crippen MR) is 63.8 cm³/mol. The number of hydrogen-bond acceptors (Lipinski definition) is 2. The van der Waals surface area contributed by atoms with Gasteiger partial charge in [-0.1, -0.05) is 19.1 Å². The molecule has 3 nitrogen and oxygen atoms in total. The second-order valence-electron chi connectivity index (χ2n) is 3.98. The van der Waals surface area contributed by atoms with Crippen LogP contribution in [-0.2, 0) is 7.05 Å². The summed E-state index contributed by atoms with van der Waals surface area (Å²) in [6.07, 6.45) is 2.01. The molecule has 1 aromatic heterocycles. The van der Waals surface area contributed by atoms with Crippen LogP contribution in [-0.4, -0.2) is 16.8 Å². The lowest BCUT2D eigenvalue weighted by Gasteiger charge is -2.17. The van der Waals surface area contributed by atoms with Crippen molar-refractivity contribution in [2.45, 2.75) is 32.7 Å². The molecule has 1 aromatic rings. The summed E-state index contributed by atoms with van der Waals surface area (Å²) in [5.74, 6) is 0. The zero-order valence-corrected chi connectivity index (χ0v) is 10.2. The third kappa shape index (κ3) is 2.93. The van der Waals surface area contributed by atoms with Gasteiger partial charge in [0, 0.05) is 7.05 Å². The molecule has 0 saturated heterocycles. The van der Waals surface area contributed by atoms with E-state index in [0.717, 1.165) is 18.5 Å². The van der Waals surface area contributed by atoms with Crippen LogP contribution < -0.4 is 5.32 Å². The molecular weight excluding hydrogens is 186 g/mol. The van der Waals surface area contributed by atoms with Gasteiger partial charge in [-0.3, -0.25) is 4.68 Å². The Morgan fingerprint density at radius 2 is 2.33 bits per heavy atom. The molecule has 1 rings (SSSR count). The molecule has 0 aliphatic rings. The Balaban J connectivity index is 2.82. The molecule has 0 aliphatic heterocycles. The van der Waals surface area contributed by atoms with Gasteiger partial charge < -0.3 is 5.32 Å². The van der Waals surface area contributed by atoms with Crippen LogP contribution in [0.2, 0.25) is 0 Å². The minimum absolute atomic E-state index is 0.323. The zero-order chi connectivity index (χ0) is 11.4. The standard InChI is InChI=1S/C12H21N3/c1-6-9(2)7-11(13-4)12-8-10(3)14-15(12)5/h8,11,13H,2,6-7H2,1,3-5H3. The van der Waals surface area contributed by atoms with Crippen LogP contribution in [0.3, 0.4) is 0 Å². The Bertz CT molecular complexity index is 339.